The second-order valence-corrected chi connectivity index (χ2v) is 7.49. The van der Waals surface area contributed by atoms with Gasteiger partial charge in [-0.15, -0.1) is 0 Å². The number of hydrogen-bond donors (Lipinski definition) is 2. The van der Waals surface area contributed by atoms with Crippen LogP contribution in [0.25, 0.3) is 0 Å². The highest BCUT2D eigenvalue weighted by molar-refractivity contribution is 9.10. The number of rotatable bonds is 3. The molecule has 116 valence electrons. The number of sulfonamides is 1. The third-order valence-corrected chi connectivity index (χ3v) is 5.02. The van der Waals surface area contributed by atoms with Gasteiger partial charge >= 0.3 is 0 Å². The number of carbonyl (C=O) groups excluding carboxylic acids is 1. The Morgan fingerprint density at radius 3 is 2.57 bits per heavy atom. The molecule has 0 bridgehead atoms. The summed E-state index contributed by atoms with van der Waals surface area (Å²) in [4.78, 5) is 12.0. The predicted molar refractivity (Wildman–Crippen MR) is 81.8 cm³/mol. The molecule has 9 heteroatoms. The zero-order chi connectivity index (χ0) is 15.6. The van der Waals surface area contributed by atoms with Crippen LogP contribution >= 0.6 is 27.5 Å². The summed E-state index contributed by atoms with van der Waals surface area (Å²) in [5, 5.41) is 7.74. The van der Waals surface area contributed by atoms with Gasteiger partial charge in [-0.2, -0.15) is 0 Å². The highest BCUT2D eigenvalue weighted by Crippen LogP contribution is 2.29. The van der Waals surface area contributed by atoms with Crippen molar-refractivity contribution in [3.05, 3.63) is 27.2 Å². The van der Waals surface area contributed by atoms with Crippen LogP contribution in [0.3, 0.4) is 0 Å². The zero-order valence-electron chi connectivity index (χ0n) is 10.9. The van der Waals surface area contributed by atoms with Gasteiger partial charge in [-0.1, -0.05) is 27.5 Å². The minimum Gasteiger partial charge on any atom is -0.381 e. The molecule has 3 N–H and O–H groups in total. The minimum absolute atomic E-state index is 0.0146. The molecule has 2 rings (SSSR count). The first kappa shape index (κ1) is 16.7. The number of primary sulfonamides is 1. The lowest BCUT2D eigenvalue weighted by molar-refractivity contribution is 0.0696. The van der Waals surface area contributed by atoms with Crippen LogP contribution in [0.5, 0.6) is 0 Å². The van der Waals surface area contributed by atoms with Crippen LogP contribution in [-0.2, 0) is 14.8 Å². The van der Waals surface area contributed by atoms with Gasteiger partial charge in [0.2, 0.25) is 10.0 Å². The summed E-state index contributed by atoms with van der Waals surface area (Å²) in [5.41, 5.74) is 0.0709. The molecule has 0 unspecified atom stereocenters. The first-order chi connectivity index (χ1) is 9.79. The van der Waals surface area contributed by atoms with E-state index < -0.39 is 15.9 Å². The Morgan fingerprint density at radius 1 is 1.38 bits per heavy atom. The van der Waals surface area contributed by atoms with Crippen LogP contribution in [0, 0.1) is 0 Å². The average Bonchev–Trinajstić information content (AvgIpc) is 2.40. The smallest absolute Gasteiger partial charge is 0.253 e. The van der Waals surface area contributed by atoms with E-state index in [0.29, 0.717) is 30.5 Å². The normalized spacial score (nSPS) is 16.7. The van der Waals surface area contributed by atoms with Crippen LogP contribution < -0.4 is 10.5 Å². The molecule has 1 aromatic carbocycles. The molecule has 0 saturated carbocycles. The Labute approximate surface area is 136 Å². The Bertz CT molecular complexity index is 659. The minimum atomic E-state index is -4.01. The number of amides is 1. The van der Waals surface area contributed by atoms with Crippen molar-refractivity contribution in [2.75, 3.05) is 13.2 Å². The van der Waals surface area contributed by atoms with Gasteiger partial charge in [-0.3, -0.25) is 4.79 Å². The largest absolute Gasteiger partial charge is 0.381 e. The summed E-state index contributed by atoms with van der Waals surface area (Å²) in [5.74, 6) is -0.432. The van der Waals surface area contributed by atoms with Crippen molar-refractivity contribution in [1.29, 1.82) is 0 Å². The Morgan fingerprint density at radius 2 is 2.00 bits per heavy atom. The highest BCUT2D eigenvalue weighted by Gasteiger charge is 2.23. The number of nitrogens with one attached hydrogen (secondary N) is 1. The summed E-state index contributed by atoms with van der Waals surface area (Å²) in [6.45, 7) is 1.17. The van der Waals surface area contributed by atoms with Crippen molar-refractivity contribution in [2.45, 2.75) is 23.8 Å². The third kappa shape index (κ3) is 4.17. The first-order valence-electron chi connectivity index (χ1n) is 6.19. The maximum Gasteiger partial charge on any atom is 0.253 e. The van der Waals surface area contributed by atoms with E-state index >= 15 is 0 Å². The van der Waals surface area contributed by atoms with Crippen molar-refractivity contribution in [3.8, 4) is 0 Å². The molecular weight excluding hydrogens is 384 g/mol. The number of halogens is 2. The lowest BCUT2D eigenvalue weighted by Crippen LogP contribution is -2.39. The van der Waals surface area contributed by atoms with Crippen LogP contribution in [0.4, 0.5) is 0 Å². The first-order valence-corrected chi connectivity index (χ1v) is 8.91. The van der Waals surface area contributed by atoms with Crippen LogP contribution in [0.1, 0.15) is 23.2 Å². The van der Waals surface area contributed by atoms with Crippen molar-refractivity contribution < 1.29 is 17.9 Å². The molecule has 6 nitrogen and oxygen atoms in total. The van der Waals surface area contributed by atoms with E-state index in [0.717, 1.165) is 0 Å². The summed E-state index contributed by atoms with van der Waals surface area (Å²) in [6, 6.07) is 2.72. The SMILES string of the molecule is NS(=O)(=O)c1cc(Br)cc(C(=O)NC2CCOCC2)c1Cl. The second-order valence-electron chi connectivity index (χ2n) is 4.67. The van der Waals surface area contributed by atoms with Gasteiger partial charge in [0.15, 0.2) is 0 Å². The zero-order valence-corrected chi connectivity index (χ0v) is 14.1. The maximum absolute atomic E-state index is 12.3. The fourth-order valence-electron chi connectivity index (χ4n) is 2.04. The summed E-state index contributed by atoms with van der Waals surface area (Å²) in [7, 11) is -4.01. The molecule has 1 aromatic rings. The topological polar surface area (TPSA) is 98.5 Å². The lowest BCUT2D eigenvalue weighted by atomic mass is 10.1. The number of benzene rings is 1. The molecule has 1 fully saturated rings. The van der Waals surface area contributed by atoms with Crippen molar-refractivity contribution in [3.63, 3.8) is 0 Å². The molecule has 0 aliphatic carbocycles. The number of nitrogens with two attached hydrogens (primary N) is 1. The van der Waals surface area contributed by atoms with E-state index in [1.165, 1.54) is 12.1 Å². The standard InChI is InChI=1S/C12H14BrClN2O4S/c13-7-5-9(11(14)10(6-7)21(15,18)19)12(17)16-8-1-3-20-4-2-8/h5-6,8H,1-4H2,(H,16,17)(H2,15,18,19). The molecule has 1 aliphatic rings. The molecule has 1 saturated heterocycles. The van der Waals surface area contributed by atoms with Gasteiger partial charge < -0.3 is 10.1 Å². The van der Waals surface area contributed by atoms with E-state index in [2.05, 4.69) is 21.2 Å². The van der Waals surface area contributed by atoms with Crippen LogP contribution in [0.2, 0.25) is 5.02 Å². The quantitative estimate of drug-likeness (QED) is 0.810. The van der Waals surface area contributed by atoms with Crippen LogP contribution in [0.15, 0.2) is 21.5 Å². The summed E-state index contributed by atoms with van der Waals surface area (Å²) >= 11 is 9.17. The van der Waals surface area contributed by atoms with Crippen molar-refractivity contribution in [1.82, 2.24) is 5.32 Å². The molecule has 0 radical (unpaired) electrons. The van der Waals surface area contributed by atoms with Gasteiger partial charge in [0.25, 0.3) is 5.91 Å². The fourth-order valence-corrected chi connectivity index (χ4v) is 3.82. The monoisotopic (exact) mass is 396 g/mol. The van der Waals surface area contributed by atoms with E-state index in [9.17, 15) is 13.2 Å². The van der Waals surface area contributed by atoms with Gasteiger partial charge in [-0.05, 0) is 25.0 Å². The van der Waals surface area contributed by atoms with Gasteiger partial charge in [0.05, 0.1) is 10.6 Å². The maximum atomic E-state index is 12.3. The number of hydrogen-bond acceptors (Lipinski definition) is 4. The Hall–Kier alpha value is -0.670. The number of carbonyl (C=O) groups is 1. The molecule has 1 amide bonds. The van der Waals surface area contributed by atoms with Gasteiger partial charge in [-0.25, -0.2) is 13.6 Å². The molecule has 1 heterocycles. The van der Waals surface area contributed by atoms with E-state index in [-0.39, 0.29) is 21.5 Å². The predicted octanol–water partition coefficient (Wildman–Crippen LogP) is 1.66. The van der Waals surface area contributed by atoms with E-state index in [1.807, 2.05) is 0 Å². The van der Waals surface area contributed by atoms with Gasteiger partial charge in [0, 0.05) is 23.7 Å². The highest BCUT2D eigenvalue weighted by atomic mass is 79.9. The van der Waals surface area contributed by atoms with Gasteiger partial charge in [0.1, 0.15) is 4.90 Å². The summed E-state index contributed by atoms with van der Waals surface area (Å²) < 4.78 is 28.6. The summed E-state index contributed by atoms with van der Waals surface area (Å²) in [6.07, 6.45) is 1.42. The Balaban J connectivity index is 2.30. The van der Waals surface area contributed by atoms with Crippen LogP contribution in [-0.4, -0.2) is 33.6 Å². The molecule has 0 aromatic heterocycles. The molecule has 21 heavy (non-hydrogen) atoms. The molecule has 0 spiro atoms. The lowest BCUT2D eigenvalue weighted by Gasteiger charge is -2.23. The molecular formula is C12H14BrClN2O4S. The third-order valence-electron chi connectivity index (χ3n) is 3.11. The Kier molecular flexibility index (Phi) is 5.26. The molecule has 0 atom stereocenters. The second kappa shape index (κ2) is 6.62. The van der Waals surface area contributed by atoms with E-state index in [4.69, 9.17) is 21.5 Å². The van der Waals surface area contributed by atoms with E-state index in [1.54, 1.807) is 0 Å². The van der Waals surface area contributed by atoms with Crippen molar-refractivity contribution >= 4 is 43.5 Å². The molecule has 1 aliphatic heterocycles. The fraction of sp³-hybridized carbons (Fsp3) is 0.417. The number of ether oxygens (including phenoxy) is 1. The van der Waals surface area contributed by atoms with Crippen molar-refractivity contribution in [2.24, 2.45) is 5.14 Å². The average molecular weight is 398 g/mol.